The number of Topliss-reactive ketones (excluding diaryl/α,β-unsaturated/α-hetero) is 1. The van der Waals surface area contributed by atoms with Crippen LogP contribution in [0.5, 0.6) is 0 Å². The summed E-state index contributed by atoms with van der Waals surface area (Å²) >= 11 is 0. The standard InChI is InChI=1S/C16H18F3NO2/c17-16(18,19)14(21)13(15(22)20-10-4-5-11-20)9-8-12-6-2-1-3-7-12/h1-3,6-7,13H,4-5,8-11H2/t13-/m1/s1. The van der Waals surface area contributed by atoms with Gasteiger partial charge in [-0.3, -0.25) is 9.59 Å². The first kappa shape index (κ1) is 16.5. The van der Waals surface area contributed by atoms with Gasteiger partial charge in [0.15, 0.2) is 0 Å². The number of aryl methyl sites for hydroxylation is 1. The van der Waals surface area contributed by atoms with E-state index in [-0.39, 0.29) is 12.8 Å². The molecule has 1 fully saturated rings. The van der Waals surface area contributed by atoms with E-state index in [0.29, 0.717) is 13.1 Å². The van der Waals surface area contributed by atoms with Gasteiger partial charge in [-0.05, 0) is 31.2 Å². The molecule has 6 heteroatoms. The summed E-state index contributed by atoms with van der Waals surface area (Å²) in [5, 5.41) is 0. The number of benzene rings is 1. The lowest BCUT2D eigenvalue weighted by atomic mass is 9.93. The van der Waals surface area contributed by atoms with E-state index in [0.717, 1.165) is 18.4 Å². The first-order valence-corrected chi connectivity index (χ1v) is 7.33. The summed E-state index contributed by atoms with van der Waals surface area (Å²) in [7, 11) is 0. The van der Waals surface area contributed by atoms with Crippen molar-refractivity contribution in [3.8, 4) is 0 Å². The summed E-state index contributed by atoms with van der Waals surface area (Å²) < 4.78 is 38.3. The molecule has 0 bridgehead atoms. The largest absolute Gasteiger partial charge is 0.450 e. The van der Waals surface area contributed by atoms with Crippen LogP contribution in [-0.2, 0) is 16.0 Å². The maximum atomic E-state index is 12.8. The molecule has 1 aliphatic rings. The smallest absolute Gasteiger partial charge is 0.342 e. The molecule has 1 aromatic carbocycles. The van der Waals surface area contributed by atoms with Gasteiger partial charge in [0, 0.05) is 13.1 Å². The van der Waals surface area contributed by atoms with Crippen LogP contribution in [0.25, 0.3) is 0 Å². The molecule has 3 nitrogen and oxygen atoms in total. The Morgan fingerprint density at radius 1 is 1.09 bits per heavy atom. The Bertz CT molecular complexity index is 522. The predicted molar refractivity (Wildman–Crippen MR) is 75.1 cm³/mol. The van der Waals surface area contributed by atoms with Crippen LogP contribution in [0.2, 0.25) is 0 Å². The van der Waals surface area contributed by atoms with E-state index in [1.807, 2.05) is 0 Å². The van der Waals surface area contributed by atoms with E-state index in [1.165, 1.54) is 4.90 Å². The van der Waals surface area contributed by atoms with Gasteiger partial charge in [-0.25, -0.2) is 0 Å². The third kappa shape index (κ3) is 4.08. The fourth-order valence-electron chi connectivity index (χ4n) is 2.68. The maximum absolute atomic E-state index is 12.8. The van der Waals surface area contributed by atoms with E-state index in [4.69, 9.17) is 0 Å². The maximum Gasteiger partial charge on any atom is 0.450 e. The monoisotopic (exact) mass is 313 g/mol. The number of carbonyl (C=O) groups is 2. The van der Waals surface area contributed by atoms with Crippen molar-refractivity contribution in [1.82, 2.24) is 4.90 Å². The molecular formula is C16H18F3NO2. The predicted octanol–water partition coefficient (Wildman–Crippen LogP) is 2.99. The topological polar surface area (TPSA) is 37.4 Å². The summed E-state index contributed by atoms with van der Waals surface area (Å²) in [6, 6.07) is 8.90. The SMILES string of the molecule is O=C([C@H](CCc1ccccc1)C(=O)C(F)(F)F)N1CCCC1. The van der Waals surface area contributed by atoms with Crippen molar-refractivity contribution < 1.29 is 22.8 Å². The Labute approximate surface area is 127 Å². The van der Waals surface area contributed by atoms with Crippen LogP contribution in [-0.4, -0.2) is 35.9 Å². The van der Waals surface area contributed by atoms with Crippen molar-refractivity contribution in [1.29, 1.82) is 0 Å². The molecule has 120 valence electrons. The van der Waals surface area contributed by atoms with Gasteiger partial charge < -0.3 is 4.90 Å². The molecule has 0 saturated carbocycles. The zero-order valence-electron chi connectivity index (χ0n) is 12.1. The molecule has 0 spiro atoms. The average Bonchev–Trinajstić information content (AvgIpc) is 3.01. The Hall–Kier alpha value is -1.85. The van der Waals surface area contributed by atoms with Crippen molar-refractivity contribution in [3.63, 3.8) is 0 Å². The van der Waals surface area contributed by atoms with Crippen molar-refractivity contribution in [2.75, 3.05) is 13.1 Å². The number of halogens is 3. The van der Waals surface area contributed by atoms with Crippen molar-refractivity contribution in [2.45, 2.75) is 31.9 Å². The van der Waals surface area contributed by atoms with Gasteiger partial charge in [-0.2, -0.15) is 13.2 Å². The fourth-order valence-corrected chi connectivity index (χ4v) is 2.68. The minimum absolute atomic E-state index is 0.113. The number of nitrogens with zero attached hydrogens (tertiary/aromatic N) is 1. The number of amides is 1. The normalized spacial score (nSPS) is 16.6. The van der Waals surface area contributed by atoms with Gasteiger partial charge in [0.25, 0.3) is 0 Å². The molecular weight excluding hydrogens is 295 g/mol. The summed E-state index contributed by atoms with van der Waals surface area (Å²) in [4.78, 5) is 25.2. The van der Waals surface area contributed by atoms with E-state index < -0.39 is 23.8 Å². The molecule has 0 aromatic heterocycles. The third-order valence-corrected chi connectivity index (χ3v) is 3.88. The highest BCUT2D eigenvalue weighted by molar-refractivity contribution is 6.03. The summed E-state index contributed by atoms with van der Waals surface area (Å²) in [5.41, 5.74) is 0.816. The molecule has 1 heterocycles. The zero-order chi connectivity index (χ0) is 16.2. The lowest BCUT2D eigenvalue weighted by Crippen LogP contribution is -2.42. The van der Waals surface area contributed by atoms with Gasteiger partial charge >= 0.3 is 6.18 Å². The van der Waals surface area contributed by atoms with Gasteiger partial charge in [-0.1, -0.05) is 30.3 Å². The van der Waals surface area contributed by atoms with Crippen LogP contribution in [0.15, 0.2) is 30.3 Å². The van der Waals surface area contributed by atoms with Gasteiger partial charge in [0.1, 0.15) is 5.92 Å². The Kier molecular flexibility index (Phi) is 5.21. The molecule has 0 N–H and O–H groups in total. The second-order valence-corrected chi connectivity index (χ2v) is 5.47. The summed E-state index contributed by atoms with van der Waals surface area (Å²) in [6.45, 7) is 0.873. The molecule has 1 amide bonds. The minimum Gasteiger partial charge on any atom is -0.342 e. The highest BCUT2D eigenvalue weighted by Gasteiger charge is 2.47. The van der Waals surface area contributed by atoms with E-state index in [1.54, 1.807) is 30.3 Å². The Morgan fingerprint density at radius 3 is 2.23 bits per heavy atom. The molecule has 22 heavy (non-hydrogen) atoms. The minimum atomic E-state index is -4.98. The molecule has 1 aromatic rings. The number of alkyl halides is 3. The van der Waals surface area contributed by atoms with E-state index in [9.17, 15) is 22.8 Å². The Morgan fingerprint density at radius 2 is 1.68 bits per heavy atom. The zero-order valence-corrected chi connectivity index (χ0v) is 12.1. The molecule has 2 rings (SSSR count). The quantitative estimate of drug-likeness (QED) is 0.784. The summed E-state index contributed by atoms with van der Waals surface area (Å²) in [6.07, 6.45) is -3.27. The van der Waals surface area contributed by atoms with Crippen molar-refractivity contribution in [2.24, 2.45) is 5.92 Å². The molecule has 1 aliphatic heterocycles. The van der Waals surface area contributed by atoms with Gasteiger partial charge in [-0.15, -0.1) is 0 Å². The number of ketones is 1. The number of hydrogen-bond acceptors (Lipinski definition) is 2. The highest BCUT2D eigenvalue weighted by atomic mass is 19.4. The van der Waals surface area contributed by atoms with Crippen LogP contribution in [0, 0.1) is 5.92 Å². The lowest BCUT2D eigenvalue weighted by Gasteiger charge is -2.23. The second kappa shape index (κ2) is 6.94. The first-order chi connectivity index (χ1) is 10.4. The molecule has 0 unspecified atom stereocenters. The number of likely N-dealkylation sites (tertiary alicyclic amines) is 1. The van der Waals surface area contributed by atoms with Crippen molar-refractivity contribution in [3.05, 3.63) is 35.9 Å². The number of carbonyl (C=O) groups excluding carboxylic acids is 2. The molecule has 1 atom stereocenters. The van der Waals surface area contributed by atoms with Crippen molar-refractivity contribution >= 4 is 11.7 Å². The fraction of sp³-hybridized carbons (Fsp3) is 0.500. The van der Waals surface area contributed by atoms with E-state index in [2.05, 4.69) is 0 Å². The van der Waals surface area contributed by atoms with Crippen LogP contribution in [0.4, 0.5) is 13.2 Å². The van der Waals surface area contributed by atoms with Gasteiger partial charge in [0.05, 0.1) is 0 Å². The number of rotatable bonds is 5. The molecule has 1 saturated heterocycles. The second-order valence-electron chi connectivity index (χ2n) is 5.47. The van der Waals surface area contributed by atoms with E-state index >= 15 is 0 Å². The van der Waals surface area contributed by atoms with Crippen LogP contribution >= 0.6 is 0 Å². The Balaban J connectivity index is 2.10. The van der Waals surface area contributed by atoms with Crippen LogP contribution in [0.3, 0.4) is 0 Å². The third-order valence-electron chi connectivity index (χ3n) is 3.88. The number of hydrogen-bond donors (Lipinski definition) is 0. The van der Waals surface area contributed by atoms with Crippen LogP contribution < -0.4 is 0 Å². The van der Waals surface area contributed by atoms with Crippen LogP contribution in [0.1, 0.15) is 24.8 Å². The van der Waals surface area contributed by atoms with Gasteiger partial charge in [0.2, 0.25) is 11.7 Å². The lowest BCUT2D eigenvalue weighted by molar-refractivity contribution is -0.178. The molecule has 0 aliphatic carbocycles. The average molecular weight is 313 g/mol. The first-order valence-electron chi connectivity index (χ1n) is 7.33. The molecule has 0 radical (unpaired) electrons. The summed E-state index contributed by atoms with van der Waals surface area (Å²) in [5.74, 6) is -4.24. The highest BCUT2D eigenvalue weighted by Crippen LogP contribution is 2.26.